The van der Waals surface area contributed by atoms with Crippen molar-refractivity contribution in [2.75, 3.05) is 11.9 Å². The van der Waals surface area contributed by atoms with Crippen LogP contribution in [0.4, 0.5) is 5.69 Å². The Morgan fingerprint density at radius 3 is 2.64 bits per heavy atom. The van der Waals surface area contributed by atoms with Crippen molar-refractivity contribution in [3.05, 3.63) is 46.8 Å². The number of hydrogen-bond acceptors (Lipinski definition) is 8. The van der Waals surface area contributed by atoms with E-state index < -0.39 is 42.9 Å². The second-order valence-electron chi connectivity index (χ2n) is 5.83. The third-order valence-electron chi connectivity index (χ3n) is 4.23. The minimum atomic E-state index is -1.45. The fourth-order valence-corrected chi connectivity index (χ4v) is 2.89. The topological polar surface area (TPSA) is 132 Å². The van der Waals surface area contributed by atoms with E-state index in [4.69, 9.17) is 14.3 Å². The molecule has 2 aromatic rings. The first kappa shape index (κ1) is 17.6. The minimum absolute atomic E-state index is 0.307. The summed E-state index contributed by atoms with van der Waals surface area (Å²) in [6.07, 6.45) is -3.72. The monoisotopic (exact) mass is 349 g/mol. The lowest BCUT2D eigenvalue weighted by atomic mass is 9.96. The van der Waals surface area contributed by atoms with E-state index in [-0.39, 0.29) is 0 Å². The van der Waals surface area contributed by atoms with Crippen molar-refractivity contribution in [1.82, 2.24) is 0 Å². The molecule has 0 aliphatic carbocycles. The van der Waals surface area contributed by atoms with Crippen LogP contribution >= 0.6 is 0 Å². The second kappa shape index (κ2) is 6.95. The molecule has 0 bridgehead atoms. The highest BCUT2D eigenvalue weighted by Crippen LogP contribution is 2.26. The Morgan fingerprint density at radius 2 is 1.96 bits per heavy atom. The number of aliphatic hydroxyl groups is 4. The van der Waals surface area contributed by atoms with Crippen molar-refractivity contribution in [2.45, 2.75) is 30.6 Å². The maximum Gasteiger partial charge on any atom is 0.336 e. The summed E-state index contributed by atoms with van der Waals surface area (Å²) in [6.45, 7) is 3.12. The van der Waals surface area contributed by atoms with Crippen molar-refractivity contribution < 1.29 is 29.6 Å². The maximum absolute atomic E-state index is 11.6. The summed E-state index contributed by atoms with van der Waals surface area (Å²) in [5.41, 5.74) is 0.849. The summed E-state index contributed by atoms with van der Waals surface area (Å²) < 4.78 is 10.3. The van der Waals surface area contributed by atoms with Crippen LogP contribution in [0.25, 0.3) is 17.0 Å². The van der Waals surface area contributed by atoms with Gasteiger partial charge >= 0.3 is 5.63 Å². The van der Waals surface area contributed by atoms with Crippen molar-refractivity contribution >= 4 is 22.7 Å². The van der Waals surface area contributed by atoms with Gasteiger partial charge in [0.15, 0.2) is 6.29 Å². The molecule has 134 valence electrons. The molecule has 8 heteroatoms. The molecule has 1 saturated heterocycles. The molecule has 3 rings (SSSR count). The molecular formula is C17H19NO7. The maximum atomic E-state index is 11.6. The molecule has 0 amide bonds. The quantitative estimate of drug-likeness (QED) is 0.473. The molecular weight excluding hydrogens is 330 g/mol. The minimum Gasteiger partial charge on any atom is -0.423 e. The van der Waals surface area contributed by atoms with Gasteiger partial charge in [0.2, 0.25) is 0 Å². The van der Waals surface area contributed by atoms with Gasteiger partial charge in [0.1, 0.15) is 29.9 Å². The summed E-state index contributed by atoms with van der Waals surface area (Å²) in [4.78, 5) is 11.6. The molecule has 1 fully saturated rings. The fourth-order valence-electron chi connectivity index (χ4n) is 2.89. The smallest absolute Gasteiger partial charge is 0.336 e. The average molecular weight is 349 g/mol. The lowest BCUT2D eigenvalue weighted by Gasteiger charge is -2.40. The Hall–Kier alpha value is -2.23. The summed E-state index contributed by atoms with van der Waals surface area (Å²) in [5, 5.41) is 42.7. The van der Waals surface area contributed by atoms with Crippen LogP contribution in [0.3, 0.4) is 0 Å². The van der Waals surface area contributed by atoms with E-state index in [0.717, 1.165) is 0 Å². The predicted octanol–water partition coefficient (Wildman–Crippen LogP) is -0.352. The first-order valence-corrected chi connectivity index (χ1v) is 7.72. The zero-order chi connectivity index (χ0) is 18.1. The van der Waals surface area contributed by atoms with Crippen LogP contribution in [0.1, 0.15) is 5.56 Å². The van der Waals surface area contributed by atoms with E-state index in [2.05, 4.69) is 11.9 Å². The zero-order valence-electron chi connectivity index (χ0n) is 13.2. The highest BCUT2D eigenvalue weighted by atomic mass is 16.6. The largest absolute Gasteiger partial charge is 0.423 e. The highest BCUT2D eigenvalue weighted by Gasteiger charge is 2.43. The normalized spacial score (nSPS) is 29.5. The molecule has 2 unspecified atom stereocenters. The van der Waals surface area contributed by atoms with Gasteiger partial charge in [-0.1, -0.05) is 12.7 Å². The first-order valence-electron chi connectivity index (χ1n) is 7.72. The number of benzene rings is 1. The van der Waals surface area contributed by atoms with Gasteiger partial charge in [0.05, 0.1) is 6.61 Å². The number of rotatable bonds is 4. The first-order chi connectivity index (χ1) is 11.9. The van der Waals surface area contributed by atoms with E-state index >= 15 is 0 Å². The molecule has 5 atom stereocenters. The van der Waals surface area contributed by atoms with Gasteiger partial charge in [0.25, 0.3) is 0 Å². The molecule has 0 saturated carbocycles. The van der Waals surface area contributed by atoms with Crippen LogP contribution in [0.5, 0.6) is 0 Å². The lowest BCUT2D eigenvalue weighted by Crippen LogP contribution is -2.61. The van der Waals surface area contributed by atoms with Gasteiger partial charge < -0.3 is 34.9 Å². The number of aliphatic hydroxyl groups excluding tert-OH is 4. The molecule has 5 N–H and O–H groups in total. The highest BCUT2D eigenvalue weighted by molar-refractivity contribution is 5.88. The Bertz CT molecular complexity index is 833. The number of ether oxygens (including phenoxy) is 1. The molecule has 0 spiro atoms. The van der Waals surface area contributed by atoms with Crippen LogP contribution in [0, 0.1) is 0 Å². The van der Waals surface area contributed by atoms with Gasteiger partial charge in [-0.15, -0.1) is 0 Å². The fraction of sp³-hybridized carbons (Fsp3) is 0.353. The van der Waals surface area contributed by atoms with E-state index in [1.807, 2.05) is 0 Å². The standard InChI is InChI=1S/C17H19NO7/c1-2-8-5-13(20)24-11-6-9(3-4-10(8)11)18-14-16(22)15(21)12(7-19)25-17(14)23/h2-6,12,14-19,21-23H,1,7H2/t12?,14?,15-,16-,17-/m0/s1. The molecule has 1 aromatic heterocycles. The number of anilines is 1. The van der Waals surface area contributed by atoms with Crippen LogP contribution in [0.2, 0.25) is 0 Å². The molecule has 1 aromatic carbocycles. The molecule has 8 nitrogen and oxygen atoms in total. The van der Waals surface area contributed by atoms with Gasteiger partial charge in [-0.05, 0) is 17.7 Å². The second-order valence-corrected chi connectivity index (χ2v) is 5.83. The van der Waals surface area contributed by atoms with E-state index in [9.17, 15) is 20.1 Å². The summed E-state index contributed by atoms with van der Waals surface area (Å²) in [5.74, 6) is 0. The van der Waals surface area contributed by atoms with Crippen molar-refractivity contribution in [3.63, 3.8) is 0 Å². The van der Waals surface area contributed by atoms with E-state index in [1.54, 1.807) is 18.2 Å². The third-order valence-corrected chi connectivity index (χ3v) is 4.23. The number of fused-ring (bicyclic) bond motifs is 1. The van der Waals surface area contributed by atoms with Crippen molar-refractivity contribution in [2.24, 2.45) is 0 Å². The predicted molar refractivity (Wildman–Crippen MR) is 90.0 cm³/mol. The van der Waals surface area contributed by atoms with Gasteiger partial charge in [-0.25, -0.2) is 4.79 Å². The number of hydrogen-bond donors (Lipinski definition) is 5. The van der Waals surface area contributed by atoms with Gasteiger partial charge in [0, 0.05) is 23.2 Å². The van der Waals surface area contributed by atoms with E-state index in [0.29, 0.717) is 22.2 Å². The Morgan fingerprint density at radius 1 is 1.20 bits per heavy atom. The Balaban J connectivity index is 1.90. The van der Waals surface area contributed by atoms with Crippen LogP contribution in [-0.2, 0) is 4.74 Å². The molecule has 25 heavy (non-hydrogen) atoms. The molecule has 1 aliphatic heterocycles. The Kier molecular flexibility index (Phi) is 4.89. The van der Waals surface area contributed by atoms with Gasteiger partial charge in [-0.3, -0.25) is 0 Å². The van der Waals surface area contributed by atoms with Gasteiger partial charge in [-0.2, -0.15) is 0 Å². The van der Waals surface area contributed by atoms with Crippen LogP contribution in [0.15, 0.2) is 40.1 Å². The van der Waals surface area contributed by atoms with Crippen LogP contribution in [-0.4, -0.2) is 57.7 Å². The van der Waals surface area contributed by atoms with E-state index in [1.165, 1.54) is 12.1 Å². The molecule has 0 radical (unpaired) electrons. The third kappa shape index (κ3) is 3.30. The zero-order valence-corrected chi connectivity index (χ0v) is 13.2. The molecule has 2 heterocycles. The average Bonchev–Trinajstić information content (AvgIpc) is 2.60. The van der Waals surface area contributed by atoms with Crippen LogP contribution < -0.4 is 10.9 Å². The molecule has 1 aliphatic rings. The summed E-state index contributed by atoms with van der Waals surface area (Å²) >= 11 is 0. The summed E-state index contributed by atoms with van der Waals surface area (Å²) in [7, 11) is 0. The lowest BCUT2D eigenvalue weighted by molar-refractivity contribution is -0.245. The SMILES string of the molecule is C=Cc1cc(=O)oc2cc(NC3[C@@H](O)OC(CO)[C@H](O)[C@H]3O)ccc12. The Labute approximate surface area is 142 Å². The van der Waals surface area contributed by atoms with Crippen molar-refractivity contribution in [1.29, 1.82) is 0 Å². The summed E-state index contributed by atoms with van der Waals surface area (Å²) in [6, 6.07) is 5.19. The number of nitrogens with one attached hydrogen (secondary N) is 1. The van der Waals surface area contributed by atoms with Crippen molar-refractivity contribution in [3.8, 4) is 0 Å².